The Morgan fingerprint density at radius 2 is 2.05 bits per heavy atom. The third-order valence-corrected chi connectivity index (χ3v) is 5.59. The molecule has 0 radical (unpaired) electrons. The van der Waals surface area contributed by atoms with Crippen LogP contribution in [0.3, 0.4) is 0 Å². The van der Waals surface area contributed by atoms with Gasteiger partial charge in [-0.15, -0.1) is 0 Å². The molecule has 0 aliphatic heterocycles. The summed E-state index contributed by atoms with van der Waals surface area (Å²) in [6, 6.07) is 4.92. The summed E-state index contributed by atoms with van der Waals surface area (Å²) >= 11 is 6.13. The molecular formula is C15H22ClNO3S. The molecule has 2 rings (SSSR count). The minimum atomic E-state index is -3.30. The van der Waals surface area contributed by atoms with E-state index in [0.717, 1.165) is 25.7 Å². The fraction of sp³-hybridized carbons (Fsp3) is 0.600. The average Bonchev–Trinajstić information content (AvgIpc) is 2.41. The van der Waals surface area contributed by atoms with E-state index >= 15 is 0 Å². The lowest BCUT2D eigenvalue weighted by Gasteiger charge is -2.27. The van der Waals surface area contributed by atoms with Crippen molar-refractivity contribution in [2.45, 2.75) is 43.2 Å². The van der Waals surface area contributed by atoms with Crippen LogP contribution in [-0.2, 0) is 16.4 Å². The van der Waals surface area contributed by atoms with Crippen LogP contribution in [0.4, 0.5) is 0 Å². The Kier molecular flexibility index (Phi) is 5.66. The molecular weight excluding hydrogens is 310 g/mol. The van der Waals surface area contributed by atoms with Gasteiger partial charge in [0.2, 0.25) is 0 Å². The lowest BCUT2D eigenvalue weighted by atomic mass is 9.86. The van der Waals surface area contributed by atoms with Gasteiger partial charge in [-0.05, 0) is 30.9 Å². The van der Waals surface area contributed by atoms with Gasteiger partial charge in [-0.25, -0.2) is 8.42 Å². The molecule has 0 bridgehead atoms. The first kappa shape index (κ1) is 16.7. The third kappa shape index (κ3) is 4.42. The maximum atomic E-state index is 11.8. The second kappa shape index (κ2) is 7.09. The predicted octanol–water partition coefficient (Wildman–Crippen LogP) is 2.38. The number of hydrogen-bond donors (Lipinski definition) is 2. The molecule has 0 spiro atoms. The summed E-state index contributed by atoms with van der Waals surface area (Å²) in [5.41, 5.74) is 0.604. The highest BCUT2D eigenvalue weighted by Crippen LogP contribution is 2.26. The smallest absolute Gasteiger partial charge is 0.175 e. The third-order valence-electron chi connectivity index (χ3n) is 4.05. The zero-order valence-corrected chi connectivity index (χ0v) is 13.8. The quantitative estimate of drug-likeness (QED) is 0.869. The average molecular weight is 332 g/mol. The van der Waals surface area contributed by atoms with Crippen molar-refractivity contribution in [3.63, 3.8) is 0 Å². The van der Waals surface area contributed by atoms with Crippen LogP contribution < -0.4 is 5.32 Å². The molecule has 2 N–H and O–H groups in total. The minimum Gasteiger partial charge on any atom is -0.393 e. The first-order valence-corrected chi connectivity index (χ1v) is 9.53. The van der Waals surface area contributed by atoms with E-state index in [4.69, 9.17) is 11.6 Å². The molecule has 0 saturated heterocycles. The van der Waals surface area contributed by atoms with Gasteiger partial charge in [-0.3, -0.25) is 0 Å². The second-order valence-electron chi connectivity index (χ2n) is 5.73. The number of aliphatic hydroxyl groups is 1. The van der Waals surface area contributed by atoms with Gasteiger partial charge < -0.3 is 10.4 Å². The van der Waals surface area contributed by atoms with E-state index in [1.165, 1.54) is 6.26 Å². The molecule has 0 amide bonds. The summed E-state index contributed by atoms with van der Waals surface area (Å²) in [5.74, 6) is 0.239. The lowest BCUT2D eigenvalue weighted by Crippen LogP contribution is -2.33. The molecule has 118 valence electrons. The van der Waals surface area contributed by atoms with Crippen molar-refractivity contribution < 1.29 is 13.5 Å². The van der Waals surface area contributed by atoms with Crippen LogP contribution in [0.15, 0.2) is 23.1 Å². The van der Waals surface area contributed by atoms with Gasteiger partial charge in [0.15, 0.2) is 9.84 Å². The van der Waals surface area contributed by atoms with E-state index in [-0.39, 0.29) is 16.9 Å². The molecule has 0 aromatic heterocycles. The zero-order valence-electron chi connectivity index (χ0n) is 12.2. The van der Waals surface area contributed by atoms with Gasteiger partial charge in [0.25, 0.3) is 0 Å². The molecule has 2 unspecified atom stereocenters. The van der Waals surface area contributed by atoms with E-state index in [1.807, 2.05) is 0 Å². The Bertz CT molecular complexity index is 589. The summed E-state index contributed by atoms with van der Waals surface area (Å²) in [5, 5.41) is 13.6. The first-order valence-electron chi connectivity index (χ1n) is 7.26. The van der Waals surface area contributed by atoms with Crippen LogP contribution in [-0.4, -0.2) is 32.4 Å². The molecule has 6 heteroatoms. The monoisotopic (exact) mass is 331 g/mol. The maximum Gasteiger partial charge on any atom is 0.175 e. The summed E-state index contributed by atoms with van der Waals surface area (Å²) in [6.07, 6.45) is 5.02. The van der Waals surface area contributed by atoms with Crippen molar-refractivity contribution in [3.05, 3.63) is 28.8 Å². The van der Waals surface area contributed by atoms with Crippen LogP contribution in [0, 0.1) is 5.92 Å². The summed E-state index contributed by atoms with van der Waals surface area (Å²) < 4.78 is 23.6. The molecule has 4 nitrogen and oxygen atoms in total. The number of sulfone groups is 1. The topological polar surface area (TPSA) is 66.4 Å². The largest absolute Gasteiger partial charge is 0.393 e. The van der Waals surface area contributed by atoms with E-state index in [2.05, 4.69) is 5.32 Å². The number of nitrogens with one attached hydrogen (secondary N) is 1. The lowest BCUT2D eigenvalue weighted by molar-refractivity contribution is 0.0695. The molecule has 2 atom stereocenters. The first-order chi connectivity index (χ1) is 9.89. The van der Waals surface area contributed by atoms with Gasteiger partial charge in [-0.1, -0.05) is 30.5 Å². The van der Waals surface area contributed by atoms with Crippen LogP contribution in [0.2, 0.25) is 5.02 Å². The Morgan fingerprint density at radius 3 is 2.71 bits per heavy atom. The van der Waals surface area contributed by atoms with Crippen molar-refractivity contribution in [3.8, 4) is 0 Å². The predicted molar refractivity (Wildman–Crippen MR) is 84.2 cm³/mol. The number of benzene rings is 1. The Balaban J connectivity index is 2.03. The highest BCUT2D eigenvalue weighted by molar-refractivity contribution is 7.90. The summed E-state index contributed by atoms with van der Waals surface area (Å²) in [6.45, 7) is 1.07. The standard InChI is InChI=1S/C15H22ClNO3S/c1-21(19,20)15-8-4-6-13(16)12(15)10-17-9-11-5-2-3-7-14(11)18/h4,6,8,11,14,17-18H,2-3,5,7,9-10H2,1H3. The summed E-state index contributed by atoms with van der Waals surface area (Å²) in [4.78, 5) is 0.270. The van der Waals surface area contributed by atoms with Gasteiger partial charge in [0.05, 0.1) is 11.0 Å². The van der Waals surface area contributed by atoms with Gasteiger partial charge in [0, 0.05) is 29.9 Å². The van der Waals surface area contributed by atoms with Gasteiger partial charge >= 0.3 is 0 Å². The molecule has 1 aliphatic rings. The Labute approximate surface area is 131 Å². The fourth-order valence-electron chi connectivity index (χ4n) is 2.87. The molecule has 1 aromatic carbocycles. The number of halogens is 1. The minimum absolute atomic E-state index is 0.239. The number of rotatable bonds is 5. The van der Waals surface area contributed by atoms with E-state index in [9.17, 15) is 13.5 Å². The maximum absolute atomic E-state index is 11.8. The highest BCUT2D eigenvalue weighted by atomic mass is 35.5. The highest BCUT2D eigenvalue weighted by Gasteiger charge is 2.23. The molecule has 1 aliphatic carbocycles. The van der Waals surface area contributed by atoms with Crippen LogP contribution in [0.25, 0.3) is 0 Å². The SMILES string of the molecule is CS(=O)(=O)c1cccc(Cl)c1CNCC1CCCCC1O. The molecule has 21 heavy (non-hydrogen) atoms. The zero-order chi connectivity index (χ0) is 15.5. The molecule has 1 saturated carbocycles. The Morgan fingerprint density at radius 1 is 1.33 bits per heavy atom. The molecule has 1 aromatic rings. The van der Waals surface area contributed by atoms with Crippen molar-refractivity contribution in [1.82, 2.24) is 5.32 Å². The van der Waals surface area contributed by atoms with E-state index in [1.54, 1.807) is 18.2 Å². The van der Waals surface area contributed by atoms with E-state index < -0.39 is 9.84 Å². The molecule has 0 heterocycles. The Hall–Kier alpha value is -0.620. The normalized spacial score (nSPS) is 23.2. The van der Waals surface area contributed by atoms with Gasteiger partial charge in [0.1, 0.15) is 0 Å². The molecule has 1 fully saturated rings. The fourth-order valence-corrected chi connectivity index (χ4v) is 4.12. The van der Waals surface area contributed by atoms with Crippen LogP contribution >= 0.6 is 11.6 Å². The van der Waals surface area contributed by atoms with Gasteiger partial charge in [-0.2, -0.15) is 0 Å². The second-order valence-corrected chi connectivity index (χ2v) is 8.12. The van der Waals surface area contributed by atoms with Crippen molar-refractivity contribution in [2.75, 3.05) is 12.8 Å². The van der Waals surface area contributed by atoms with Crippen molar-refractivity contribution in [1.29, 1.82) is 0 Å². The summed E-state index contributed by atoms with van der Waals surface area (Å²) in [7, 11) is -3.30. The number of hydrogen-bond acceptors (Lipinski definition) is 4. The van der Waals surface area contributed by atoms with Crippen molar-refractivity contribution >= 4 is 21.4 Å². The van der Waals surface area contributed by atoms with Crippen LogP contribution in [0.1, 0.15) is 31.2 Å². The van der Waals surface area contributed by atoms with E-state index in [0.29, 0.717) is 23.7 Å². The van der Waals surface area contributed by atoms with Crippen molar-refractivity contribution in [2.24, 2.45) is 5.92 Å². The number of aliphatic hydroxyl groups excluding tert-OH is 1. The van der Waals surface area contributed by atoms with Crippen LogP contribution in [0.5, 0.6) is 0 Å².